The molecule has 0 unspecified atom stereocenters. The Labute approximate surface area is 215 Å². The Morgan fingerprint density at radius 2 is 1.86 bits per heavy atom. The van der Waals surface area contributed by atoms with Gasteiger partial charge in [0.1, 0.15) is 23.6 Å². The van der Waals surface area contributed by atoms with E-state index in [2.05, 4.69) is 30.6 Å². The minimum absolute atomic E-state index is 0.0518. The van der Waals surface area contributed by atoms with Crippen LogP contribution in [-0.2, 0) is 4.74 Å². The molecule has 37 heavy (non-hydrogen) atoms. The van der Waals surface area contributed by atoms with E-state index in [1.54, 1.807) is 19.6 Å². The lowest BCUT2D eigenvalue weighted by Gasteiger charge is -2.14. The lowest BCUT2D eigenvalue weighted by atomic mass is 10.1. The molecule has 2 aromatic heterocycles. The second-order valence-electron chi connectivity index (χ2n) is 9.18. The SMILES string of the molecule is CO/C(=N\[C@H]1CC[C@H](O)C1)Nc1ccc2ncnc(Nc3ccc(Oc4ccc(C)nc4)c(C)c3)c2c1. The van der Waals surface area contributed by atoms with E-state index in [1.165, 1.54) is 0 Å². The Kier molecular flexibility index (Phi) is 7.14. The molecule has 2 atom stereocenters. The molecule has 190 valence electrons. The van der Waals surface area contributed by atoms with Crippen LogP contribution in [0.5, 0.6) is 11.5 Å². The molecule has 1 aliphatic rings. The zero-order valence-electron chi connectivity index (χ0n) is 21.1. The largest absolute Gasteiger partial charge is 0.468 e. The number of aliphatic hydroxyl groups excluding tert-OH is 1. The number of rotatable bonds is 6. The number of fused-ring (bicyclic) bond motifs is 1. The predicted octanol–water partition coefficient (Wildman–Crippen LogP) is 5.51. The summed E-state index contributed by atoms with van der Waals surface area (Å²) in [6.45, 7) is 3.94. The highest BCUT2D eigenvalue weighted by Crippen LogP contribution is 2.30. The third-order valence-electron chi connectivity index (χ3n) is 6.31. The number of nitrogens with one attached hydrogen (secondary N) is 2. The van der Waals surface area contributed by atoms with Crippen LogP contribution in [0.3, 0.4) is 0 Å². The minimum atomic E-state index is -0.290. The molecule has 0 bridgehead atoms. The number of aromatic nitrogens is 3. The normalized spacial score (nSPS) is 17.6. The zero-order valence-corrected chi connectivity index (χ0v) is 21.1. The summed E-state index contributed by atoms with van der Waals surface area (Å²) in [6.07, 6.45) is 5.24. The summed E-state index contributed by atoms with van der Waals surface area (Å²) in [5.74, 6) is 2.13. The van der Waals surface area contributed by atoms with E-state index in [1.807, 2.05) is 62.4 Å². The number of amidine groups is 1. The van der Waals surface area contributed by atoms with Crippen LogP contribution >= 0.6 is 0 Å². The number of aryl methyl sites for hydroxylation is 2. The van der Waals surface area contributed by atoms with Gasteiger partial charge in [-0.3, -0.25) is 4.98 Å². The van der Waals surface area contributed by atoms with Crippen molar-refractivity contribution >= 4 is 34.1 Å². The molecule has 1 fully saturated rings. The van der Waals surface area contributed by atoms with Gasteiger partial charge >= 0.3 is 0 Å². The van der Waals surface area contributed by atoms with E-state index < -0.39 is 0 Å². The molecule has 0 aliphatic heterocycles. The number of hydrogen-bond donors (Lipinski definition) is 3. The minimum Gasteiger partial charge on any atom is -0.468 e. The fraction of sp³-hybridized carbons (Fsp3) is 0.286. The molecule has 2 aromatic carbocycles. The smallest absolute Gasteiger partial charge is 0.289 e. The van der Waals surface area contributed by atoms with Gasteiger partial charge in [-0.1, -0.05) is 0 Å². The van der Waals surface area contributed by atoms with E-state index >= 15 is 0 Å². The van der Waals surface area contributed by atoms with Gasteiger partial charge in [0, 0.05) is 22.5 Å². The highest BCUT2D eigenvalue weighted by Gasteiger charge is 2.23. The maximum absolute atomic E-state index is 9.79. The van der Waals surface area contributed by atoms with E-state index in [0.717, 1.165) is 52.1 Å². The average Bonchev–Trinajstić information content (AvgIpc) is 3.31. The van der Waals surface area contributed by atoms with E-state index in [4.69, 9.17) is 9.47 Å². The summed E-state index contributed by atoms with van der Waals surface area (Å²) in [5.41, 5.74) is 4.41. The number of aliphatic imine (C=N–C) groups is 1. The number of aliphatic hydroxyl groups is 1. The van der Waals surface area contributed by atoms with Gasteiger partial charge in [0.25, 0.3) is 6.02 Å². The van der Waals surface area contributed by atoms with Crippen LogP contribution in [-0.4, -0.2) is 45.3 Å². The van der Waals surface area contributed by atoms with Crippen molar-refractivity contribution in [1.82, 2.24) is 15.0 Å². The fourth-order valence-corrected chi connectivity index (χ4v) is 4.33. The summed E-state index contributed by atoms with van der Waals surface area (Å²) in [4.78, 5) is 17.8. The van der Waals surface area contributed by atoms with Gasteiger partial charge in [0.05, 0.1) is 31.0 Å². The quantitative estimate of drug-likeness (QED) is 0.236. The number of hydrogen-bond acceptors (Lipinski definition) is 8. The van der Waals surface area contributed by atoms with Crippen molar-refractivity contribution in [2.45, 2.75) is 45.3 Å². The molecule has 4 aromatic rings. The second kappa shape index (κ2) is 10.8. The van der Waals surface area contributed by atoms with Crippen molar-refractivity contribution in [3.05, 3.63) is 72.3 Å². The highest BCUT2D eigenvalue weighted by molar-refractivity contribution is 5.96. The first-order valence-corrected chi connectivity index (χ1v) is 12.3. The van der Waals surface area contributed by atoms with E-state index in [0.29, 0.717) is 24.0 Å². The number of pyridine rings is 1. The molecule has 1 saturated carbocycles. The van der Waals surface area contributed by atoms with Crippen LogP contribution < -0.4 is 15.4 Å². The standard InChI is InChI=1S/C28H30N6O3/c1-17-12-19(7-11-26(17)37-23-9-4-18(2)29-15-23)32-27-24-14-21(6-10-25(24)30-16-31-27)34-28(36-3)33-20-5-8-22(35)13-20/h4,6-7,9-12,14-16,20,22,35H,5,8,13H2,1-3H3,(H,33,34)(H,30,31,32)/t20-,22-/m0/s1. The summed E-state index contributed by atoms with van der Waals surface area (Å²) in [6, 6.07) is 16.0. The molecule has 1 aliphatic carbocycles. The number of benzene rings is 2. The van der Waals surface area contributed by atoms with Crippen molar-refractivity contribution in [2.24, 2.45) is 4.99 Å². The first kappa shape index (κ1) is 24.5. The van der Waals surface area contributed by atoms with Crippen molar-refractivity contribution in [3.8, 4) is 11.5 Å². The van der Waals surface area contributed by atoms with Crippen molar-refractivity contribution in [3.63, 3.8) is 0 Å². The number of ether oxygens (including phenoxy) is 2. The maximum Gasteiger partial charge on any atom is 0.289 e. The van der Waals surface area contributed by atoms with Gasteiger partial charge < -0.3 is 25.2 Å². The average molecular weight is 499 g/mol. The molecular weight excluding hydrogens is 468 g/mol. The first-order valence-electron chi connectivity index (χ1n) is 12.3. The maximum atomic E-state index is 9.79. The van der Waals surface area contributed by atoms with Crippen LogP contribution in [0.25, 0.3) is 10.9 Å². The topological polar surface area (TPSA) is 114 Å². The van der Waals surface area contributed by atoms with Crippen molar-refractivity contribution in [1.29, 1.82) is 0 Å². The zero-order chi connectivity index (χ0) is 25.8. The summed E-state index contributed by atoms with van der Waals surface area (Å²) in [5, 5.41) is 17.3. The van der Waals surface area contributed by atoms with Gasteiger partial charge in [0.15, 0.2) is 0 Å². The Morgan fingerprint density at radius 1 is 1.00 bits per heavy atom. The van der Waals surface area contributed by atoms with E-state index in [-0.39, 0.29) is 12.1 Å². The Bertz CT molecular complexity index is 1420. The molecule has 0 spiro atoms. The predicted molar refractivity (Wildman–Crippen MR) is 145 cm³/mol. The molecule has 0 saturated heterocycles. The van der Waals surface area contributed by atoms with Crippen LogP contribution in [0, 0.1) is 13.8 Å². The van der Waals surface area contributed by atoms with Gasteiger partial charge in [0.2, 0.25) is 0 Å². The summed E-state index contributed by atoms with van der Waals surface area (Å²) < 4.78 is 11.5. The molecule has 0 radical (unpaired) electrons. The Hall–Kier alpha value is -4.24. The number of nitrogens with zero attached hydrogens (tertiary/aromatic N) is 4. The van der Waals surface area contributed by atoms with Crippen LogP contribution in [0.1, 0.15) is 30.5 Å². The molecule has 9 heteroatoms. The number of methoxy groups -OCH3 is 1. The van der Waals surface area contributed by atoms with Crippen molar-refractivity contribution in [2.75, 3.05) is 17.7 Å². The van der Waals surface area contributed by atoms with Gasteiger partial charge in [-0.25, -0.2) is 15.0 Å². The van der Waals surface area contributed by atoms with Crippen LogP contribution in [0.4, 0.5) is 17.2 Å². The molecule has 5 rings (SSSR count). The third-order valence-corrected chi connectivity index (χ3v) is 6.31. The van der Waals surface area contributed by atoms with Crippen LogP contribution in [0.15, 0.2) is 66.0 Å². The highest BCUT2D eigenvalue weighted by atomic mass is 16.5. The molecule has 2 heterocycles. The Morgan fingerprint density at radius 3 is 2.59 bits per heavy atom. The fourth-order valence-electron chi connectivity index (χ4n) is 4.33. The van der Waals surface area contributed by atoms with Gasteiger partial charge in [-0.05, 0) is 87.2 Å². The molecule has 3 N–H and O–H groups in total. The lowest BCUT2D eigenvalue weighted by Crippen LogP contribution is -2.17. The number of anilines is 3. The van der Waals surface area contributed by atoms with E-state index in [9.17, 15) is 5.11 Å². The molecular formula is C28H30N6O3. The summed E-state index contributed by atoms with van der Waals surface area (Å²) >= 11 is 0. The molecule has 0 amide bonds. The monoisotopic (exact) mass is 498 g/mol. The van der Waals surface area contributed by atoms with Crippen LogP contribution in [0.2, 0.25) is 0 Å². The van der Waals surface area contributed by atoms with Gasteiger partial charge in [-0.2, -0.15) is 0 Å². The second-order valence-corrected chi connectivity index (χ2v) is 9.18. The first-order chi connectivity index (χ1) is 18.0. The van der Waals surface area contributed by atoms with Gasteiger partial charge in [-0.15, -0.1) is 0 Å². The molecule has 9 nitrogen and oxygen atoms in total. The summed E-state index contributed by atoms with van der Waals surface area (Å²) in [7, 11) is 1.58. The van der Waals surface area contributed by atoms with Crippen molar-refractivity contribution < 1.29 is 14.6 Å². The lowest BCUT2D eigenvalue weighted by molar-refractivity contribution is 0.181. The third kappa shape index (κ3) is 5.95. The Balaban J connectivity index is 1.35.